The number of benzene rings is 1. The average molecular weight is 294 g/mol. The van der Waals surface area contributed by atoms with Crippen molar-refractivity contribution in [1.29, 1.82) is 0 Å². The molecule has 8 heteroatoms. The van der Waals surface area contributed by atoms with Crippen LogP contribution in [0.15, 0.2) is 39.0 Å². The summed E-state index contributed by atoms with van der Waals surface area (Å²) < 4.78 is 0.954. The normalized spacial score (nSPS) is 9.89. The van der Waals surface area contributed by atoms with Crippen LogP contribution in [0.3, 0.4) is 0 Å². The second-order valence-electron chi connectivity index (χ2n) is 3.15. The zero-order chi connectivity index (χ0) is 12.4. The van der Waals surface area contributed by atoms with Gasteiger partial charge in [-0.15, -0.1) is 0 Å². The van der Waals surface area contributed by atoms with Crippen molar-refractivity contribution in [3.05, 3.63) is 50.3 Å². The SMILES string of the molecule is CSc1nc(=O)n(-c2ccc(Cl)cc2)c(=O)[nH]1.[NaH]. The third-order valence-corrected chi connectivity index (χ3v) is 2.92. The van der Waals surface area contributed by atoms with Crippen molar-refractivity contribution >= 4 is 52.9 Å². The molecule has 0 spiro atoms. The molecule has 18 heavy (non-hydrogen) atoms. The molecule has 0 fully saturated rings. The third kappa shape index (κ3) is 3.27. The van der Waals surface area contributed by atoms with Gasteiger partial charge in [-0.25, -0.2) is 14.2 Å². The molecule has 0 radical (unpaired) electrons. The predicted octanol–water partition coefficient (Wildman–Crippen LogP) is 0.648. The summed E-state index contributed by atoms with van der Waals surface area (Å²) in [5, 5.41) is 0.831. The summed E-state index contributed by atoms with van der Waals surface area (Å²) in [5.41, 5.74) is -0.696. The van der Waals surface area contributed by atoms with E-state index in [4.69, 9.17) is 11.6 Å². The average Bonchev–Trinajstić information content (AvgIpc) is 2.30. The van der Waals surface area contributed by atoms with Crippen molar-refractivity contribution in [2.24, 2.45) is 0 Å². The van der Waals surface area contributed by atoms with Crippen LogP contribution < -0.4 is 11.4 Å². The molecule has 0 aliphatic rings. The van der Waals surface area contributed by atoms with Gasteiger partial charge < -0.3 is 0 Å². The summed E-state index contributed by atoms with van der Waals surface area (Å²) in [6.45, 7) is 0. The van der Waals surface area contributed by atoms with Gasteiger partial charge in [-0.1, -0.05) is 23.4 Å². The van der Waals surface area contributed by atoms with Gasteiger partial charge in [0.1, 0.15) is 0 Å². The van der Waals surface area contributed by atoms with Gasteiger partial charge in [0.15, 0.2) is 5.16 Å². The van der Waals surface area contributed by atoms with Crippen molar-refractivity contribution in [2.75, 3.05) is 6.26 Å². The number of aromatic amines is 1. The number of halogens is 1. The van der Waals surface area contributed by atoms with E-state index >= 15 is 0 Å². The first-order valence-electron chi connectivity index (χ1n) is 4.65. The third-order valence-electron chi connectivity index (χ3n) is 2.08. The van der Waals surface area contributed by atoms with Crippen molar-refractivity contribution in [2.45, 2.75) is 5.16 Å². The number of H-pyrrole nitrogens is 1. The van der Waals surface area contributed by atoms with Crippen LogP contribution in [0.2, 0.25) is 5.02 Å². The van der Waals surface area contributed by atoms with Crippen LogP contribution in [0.4, 0.5) is 0 Å². The summed E-state index contributed by atoms with van der Waals surface area (Å²) in [4.78, 5) is 29.7. The molecule has 1 aromatic heterocycles. The monoisotopic (exact) mass is 293 g/mol. The molecule has 0 saturated heterocycles. The molecular formula is C10H9ClN3NaO2S. The molecular weight excluding hydrogens is 285 g/mol. The Labute approximate surface area is 134 Å². The Hall–Kier alpha value is -0.530. The standard InChI is InChI=1S/C10H8ClN3O2S.Na.H/c1-17-8-12-9(15)14(10(16)13-8)7-4-2-6(11)3-5-7;;/h2-5H,1H3,(H,12,13,15,16);;. The fourth-order valence-corrected chi connectivity index (χ4v) is 1.80. The number of hydrogen-bond acceptors (Lipinski definition) is 4. The van der Waals surface area contributed by atoms with Crippen LogP contribution in [-0.2, 0) is 0 Å². The van der Waals surface area contributed by atoms with E-state index in [1.807, 2.05) is 0 Å². The minimum absolute atomic E-state index is 0. The Morgan fingerprint density at radius 2 is 1.89 bits per heavy atom. The van der Waals surface area contributed by atoms with E-state index in [0.29, 0.717) is 15.9 Å². The number of nitrogens with one attached hydrogen (secondary N) is 1. The Bertz CT molecular complexity index is 622. The second-order valence-corrected chi connectivity index (χ2v) is 4.38. The van der Waals surface area contributed by atoms with Crippen molar-refractivity contribution in [1.82, 2.24) is 14.5 Å². The molecule has 90 valence electrons. The van der Waals surface area contributed by atoms with Crippen molar-refractivity contribution < 1.29 is 0 Å². The first kappa shape index (κ1) is 15.5. The molecule has 0 bridgehead atoms. The number of thioether (sulfide) groups is 1. The van der Waals surface area contributed by atoms with Crippen LogP contribution in [0.1, 0.15) is 0 Å². The van der Waals surface area contributed by atoms with Gasteiger partial charge in [-0.2, -0.15) is 4.98 Å². The molecule has 0 aliphatic heterocycles. The van der Waals surface area contributed by atoms with E-state index < -0.39 is 11.4 Å². The van der Waals surface area contributed by atoms with Gasteiger partial charge in [-0.05, 0) is 30.5 Å². The van der Waals surface area contributed by atoms with Crippen LogP contribution in [0.5, 0.6) is 0 Å². The molecule has 0 amide bonds. The van der Waals surface area contributed by atoms with E-state index in [1.54, 1.807) is 30.5 Å². The van der Waals surface area contributed by atoms with Gasteiger partial charge in [0.05, 0.1) is 5.69 Å². The van der Waals surface area contributed by atoms with Crippen LogP contribution in [0, 0.1) is 0 Å². The maximum atomic E-state index is 11.7. The van der Waals surface area contributed by atoms with Crippen LogP contribution >= 0.6 is 23.4 Å². The number of hydrogen-bond donors (Lipinski definition) is 1. The second kappa shape index (κ2) is 6.58. The molecule has 1 heterocycles. The summed E-state index contributed by atoms with van der Waals surface area (Å²) >= 11 is 6.94. The quantitative estimate of drug-likeness (QED) is 0.652. The predicted molar refractivity (Wildman–Crippen MR) is 74.4 cm³/mol. The zero-order valence-electron chi connectivity index (χ0n) is 8.81. The first-order valence-corrected chi connectivity index (χ1v) is 6.25. The zero-order valence-corrected chi connectivity index (χ0v) is 10.4. The Balaban J connectivity index is 0.00000162. The molecule has 5 nitrogen and oxygen atoms in total. The van der Waals surface area contributed by atoms with Crippen LogP contribution in [-0.4, -0.2) is 50.3 Å². The van der Waals surface area contributed by atoms with E-state index in [2.05, 4.69) is 9.97 Å². The Morgan fingerprint density at radius 3 is 2.39 bits per heavy atom. The van der Waals surface area contributed by atoms with Gasteiger partial charge in [0.25, 0.3) is 0 Å². The first-order chi connectivity index (χ1) is 8.11. The minimum atomic E-state index is -0.611. The van der Waals surface area contributed by atoms with E-state index in [-0.39, 0.29) is 29.6 Å². The maximum absolute atomic E-state index is 11.7. The van der Waals surface area contributed by atoms with E-state index in [0.717, 1.165) is 4.57 Å². The molecule has 1 aromatic carbocycles. The molecule has 1 N–H and O–H groups in total. The van der Waals surface area contributed by atoms with Crippen molar-refractivity contribution in [3.8, 4) is 5.69 Å². The van der Waals surface area contributed by atoms with Gasteiger partial charge in [0, 0.05) is 5.02 Å². The number of rotatable bonds is 2. The summed E-state index contributed by atoms with van der Waals surface area (Å²) in [7, 11) is 0. The fraction of sp³-hybridized carbons (Fsp3) is 0.100. The molecule has 0 aliphatic carbocycles. The molecule has 0 atom stereocenters. The molecule has 0 saturated carbocycles. The topological polar surface area (TPSA) is 67.8 Å². The summed E-state index contributed by atoms with van der Waals surface area (Å²) in [6.07, 6.45) is 1.73. The fourth-order valence-electron chi connectivity index (χ4n) is 1.31. The van der Waals surface area contributed by atoms with Crippen LogP contribution in [0.25, 0.3) is 5.69 Å². The summed E-state index contributed by atoms with van der Waals surface area (Å²) in [5.74, 6) is 0. The number of aromatic nitrogens is 3. The Morgan fingerprint density at radius 1 is 1.28 bits per heavy atom. The van der Waals surface area contributed by atoms with Crippen molar-refractivity contribution in [3.63, 3.8) is 0 Å². The molecule has 2 aromatic rings. The Kier molecular flexibility index (Phi) is 5.68. The number of nitrogens with zero attached hydrogens (tertiary/aromatic N) is 2. The molecule has 2 rings (SSSR count). The van der Waals surface area contributed by atoms with Gasteiger partial charge in [-0.3, -0.25) is 4.98 Å². The summed E-state index contributed by atoms with van der Waals surface area (Å²) in [6, 6.07) is 6.37. The molecule has 0 unspecified atom stereocenters. The van der Waals surface area contributed by atoms with Gasteiger partial charge >= 0.3 is 40.9 Å². The van der Waals surface area contributed by atoms with E-state index in [1.165, 1.54) is 11.8 Å². The van der Waals surface area contributed by atoms with E-state index in [9.17, 15) is 9.59 Å². The van der Waals surface area contributed by atoms with Gasteiger partial charge in [0.2, 0.25) is 0 Å².